The average molecular weight is 272 g/mol. The first-order valence-corrected chi connectivity index (χ1v) is 5.98. The molecule has 0 unspecified atom stereocenters. The van der Waals surface area contributed by atoms with E-state index in [-0.39, 0.29) is 6.54 Å². The number of aromatic nitrogens is 1. The van der Waals surface area contributed by atoms with Gasteiger partial charge in [0, 0.05) is 18.3 Å². The molecule has 0 aliphatic heterocycles. The van der Waals surface area contributed by atoms with Crippen LogP contribution in [0.25, 0.3) is 10.9 Å². The molecule has 6 heteroatoms. The molecule has 1 aromatic carbocycles. The van der Waals surface area contributed by atoms with Crippen molar-refractivity contribution in [1.29, 1.82) is 0 Å². The lowest BCUT2D eigenvalue weighted by atomic mass is 10.1. The van der Waals surface area contributed by atoms with Gasteiger partial charge in [-0.3, -0.25) is 4.74 Å². The molecule has 0 spiro atoms. The Balaban J connectivity index is 2.08. The van der Waals surface area contributed by atoms with Gasteiger partial charge in [0.2, 0.25) is 0 Å². The number of halogens is 3. The van der Waals surface area contributed by atoms with Gasteiger partial charge in [-0.2, -0.15) is 0 Å². The zero-order chi connectivity index (χ0) is 13.9. The highest BCUT2D eigenvalue weighted by atomic mass is 19.4. The SMILES string of the molecule is NCCc1ccc2c(ccn2CCOC(F)(F)F)c1. The van der Waals surface area contributed by atoms with Gasteiger partial charge >= 0.3 is 6.36 Å². The maximum Gasteiger partial charge on any atom is 0.522 e. The first-order chi connectivity index (χ1) is 8.99. The van der Waals surface area contributed by atoms with E-state index < -0.39 is 13.0 Å². The van der Waals surface area contributed by atoms with E-state index in [1.807, 2.05) is 24.3 Å². The highest BCUT2D eigenvalue weighted by molar-refractivity contribution is 5.80. The standard InChI is InChI=1S/C13H15F3N2O/c14-13(15,16)19-8-7-18-6-4-11-9-10(3-5-17)1-2-12(11)18/h1-2,4,6,9H,3,5,7-8,17H2. The Morgan fingerprint density at radius 1 is 1.21 bits per heavy atom. The Kier molecular flexibility index (Phi) is 4.11. The second-order valence-electron chi connectivity index (χ2n) is 4.24. The lowest BCUT2D eigenvalue weighted by Crippen LogP contribution is -2.17. The Hall–Kier alpha value is -1.53. The minimum absolute atomic E-state index is 0.166. The van der Waals surface area contributed by atoms with Crippen molar-refractivity contribution in [1.82, 2.24) is 4.57 Å². The van der Waals surface area contributed by atoms with Crippen LogP contribution < -0.4 is 5.73 Å². The topological polar surface area (TPSA) is 40.2 Å². The minimum Gasteiger partial charge on any atom is -0.345 e. The lowest BCUT2D eigenvalue weighted by molar-refractivity contribution is -0.325. The fraction of sp³-hybridized carbons (Fsp3) is 0.385. The Morgan fingerprint density at radius 2 is 2.00 bits per heavy atom. The molecule has 2 rings (SSSR count). The quantitative estimate of drug-likeness (QED) is 0.909. The first kappa shape index (κ1) is 13.9. The second kappa shape index (κ2) is 5.63. The van der Waals surface area contributed by atoms with Crippen LogP contribution in [-0.4, -0.2) is 24.1 Å². The Morgan fingerprint density at radius 3 is 2.68 bits per heavy atom. The largest absolute Gasteiger partial charge is 0.522 e. The van der Waals surface area contributed by atoms with Crippen molar-refractivity contribution in [2.45, 2.75) is 19.3 Å². The molecule has 0 amide bonds. The summed E-state index contributed by atoms with van der Waals surface area (Å²) in [5.74, 6) is 0. The van der Waals surface area contributed by atoms with Crippen LogP contribution in [0.2, 0.25) is 0 Å². The van der Waals surface area contributed by atoms with Gasteiger partial charge in [-0.15, -0.1) is 13.2 Å². The van der Waals surface area contributed by atoms with E-state index in [0.717, 1.165) is 22.9 Å². The number of ether oxygens (including phenoxy) is 1. The summed E-state index contributed by atoms with van der Waals surface area (Å²) >= 11 is 0. The van der Waals surface area contributed by atoms with E-state index in [1.54, 1.807) is 10.8 Å². The molecule has 2 aromatic rings. The van der Waals surface area contributed by atoms with Crippen LogP contribution in [-0.2, 0) is 17.7 Å². The normalized spacial score (nSPS) is 12.2. The molecule has 1 heterocycles. The van der Waals surface area contributed by atoms with Gasteiger partial charge in [0.25, 0.3) is 0 Å². The maximum atomic E-state index is 11.9. The van der Waals surface area contributed by atoms with Crippen LogP contribution in [0.3, 0.4) is 0 Å². The number of benzene rings is 1. The maximum absolute atomic E-state index is 11.9. The fourth-order valence-corrected chi connectivity index (χ4v) is 2.03. The van der Waals surface area contributed by atoms with Crippen LogP contribution >= 0.6 is 0 Å². The van der Waals surface area contributed by atoms with Crippen molar-refractivity contribution < 1.29 is 17.9 Å². The number of nitrogens with zero attached hydrogens (tertiary/aromatic N) is 1. The van der Waals surface area contributed by atoms with E-state index in [2.05, 4.69) is 4.74 Å². The first-order valence-electron chi connectivity index (χ1n) is 5.98. The number of nitrogens with two attached hydrogens (primary N) is 1. The van der Waals surface area contributed by atoms with E-state index in [9.17, 15) is 13.2 Å². The van der Waals surface area contributed by atoms with Crippen LogP contribution in [0.4, 0.5) is 13.2 Å². The highest BCUT2D eigenvalue weighted by Gasteiger charge is 2.28. The lowest BCUT2D eigenvalue weighted by Gasteiger charge is -2.09. The number of alkyl halides is 3. The summed E-state index contributed by atoms with van der Waals surface area (Å²) in [5.41, 5.74) is 7.51. The molecule has 0 atom stereocenters. The van der Waals surface area contributed by atoms with Gasteiger partial charge < -0.3 is 10.3 Å². The fourth-order valence-electron chi connectivity index (χ4n) is 2.03. The third-order valence-corrected chi connectivity index (χ3v) is 2.87. The molecule has 0 radical (unpaired) electrons. The Labute approximate surface area is 108 Å². The molecule has 0 bridgehead atoms. The molecule has 2 N–H and O–H groups in total. The van der Waals surface area contributed by atoms with Crippen molar-refractivity contribution >= 4 is 10.9 Å². The summed E-state index contributed by atoms with van der Waals surface area (Å²) in [5, 5.41) is 0.998. The van der Waals surface area contributed by atoms with Gasteiger partial charge in [-0.05, 0) is 42.1 Å². The molecule has 3 nitrogen and oxygen atoms in total. The summed E-state index contributed by atoms with van der Waals surface area (Å²) < 4.78 is 41.2. The number of hydrogen-bond donors (Lipinski definition) is 1. The molecule has 19 heavy (non-hydrogen) atoms. The zero-order valence-corrected chi connectivity index (χ0v) is 10.3. The van der Waals surface area contributed by atoms with E-state index >= 15 is 0 Å². The average Bonchev–Trinajstić information content (AvgIpc) is 2.71. The number of fused-ring (bicyclic) bond motifs is 1. The summed E-state index contributed by atoms with van der Waals surface area (Å²) in [7, 11) is 0. The molecule has 0 saturated heterocycles. The number of rotatable bonds is 5. The summed E-state index contributed by atoms with van der Waals surface area (Å²) in [6.07, 6.45) is -2.02. The van der Waals surface area contributed by atoms with Gasteiger partial charge in [0.15, 0.2) is 0 Å². The molecular formula is C13H15F3N2O. The van der Waals surface area contributed by atoms with Crippen molar-refractivity contribution in [3.63, 3.8) is 0 Å². The predicted molar refractivity (Wildman–Crippen MR) is 66.7 cm³/mol. The minimum atomic E-state index is -4.57. The molecule has 0 aliphatic rings. The van der Waals surface area contributed by atoms with Gasteiger partial charge in [-0.25, -0.2) is 0 Å². The zero-order valence-electron chi connectivity index (χ0n) is 10.3. The molecule has 0 fully saturated rings. The van der Waals surface area contributed by atoms with E-state index in [0.29, 0.717) is 6.54 Å². The van der Waals surface area contributed by atoms with Crippen LogP contribution in [0.1, 0.15) is 5.56 Å². The number of hydrogen-bond acceptors (Lipinski definition) is 2. The highest BCUT2D eigenvalue weighted by Crippen LogP contribution is 2.19. The third kappa shape index (κ3) is 3.71. The summed E-state index contributed by atoms with van der Waals surface area (Å²) in [6.45, 7) is 0.350. The van der Waals surface area contributed by atoms with Crippen LogP contribution in [0, 0.1) is 0 Å². The van der Waals surface area contributed by atoms with Gasteiger partial charge in [0.1, 0.15) is 0 Å². The van der Waals surface area contributed by atoms with Crippen molar-refractivity contribution in [3.05, 3.63) is 36.0 Å². The Bertz CT molecular complexity index is 548. The van der Waals surface area contributed by atoms with Crippen molar-refractivity contribution in [2.24, 2.45) is 5.73 Å². The van der Waals surface area contributed by atoms with Crippen molar-refractivity contribution in [2.75, 3.05) is 13.2 Å². The summed E-state index contributed by atoms with van der Waals surface area (Å²) in [6, 6.07) is 7.72. The molecule has 1 aromatic heterocycles. The van der Waals surface area contributed by atoms with Gasteiger partial charge in [-0.1, -0.05) is 6.07 Å². The molecular weight excluding hydrogens is 257 g/mol. The second-order valence-corrected chi connectivity index (χ2v) is 4.24. The van der Waals surface area contributed by atoms with E-state index in [4.69, 9.17) is 5.73 Å². The van der Waals surface area contributed by atoms with Crippen LogP contribution in [0.5, 0.6) is 0 Å². The van der Waals surface area contributed by atoms with E-state index in [1.165, 1.54) is 0 Å². The monoisotopic (exact) mass is 272 g/mol. The molecule has 0 saturated carbocycles. The van der Waals surface area contributed by atoms with Crippen molar-refractivity contribution in [3.8, 4) is 0 Å². The summed E-state index contributed by atoms with van der Waals surface area (Å²) in [4.78, 5) is 0. The molecule has 104 valence electrons. The van der Waals surface area contributed by atoms with Crippen LogP contribution in [0.15, 0.2) is 30.5 Å². The van der Waals surface area contributed by atoms with Gasteiger partial charge in [0.05, 0.1) is 6.61 Å². The molecule has 0 aliphatic carbocycles. The third-order valence-electron chi connectivity index (χ3n) is 2.87. The predicted octanol–water partition coefficient (Wildman–Crippen LogP) is 2.68. The smallest absolute Gasteiger partial charge is 0.345 e.